The number of amides is 1. The molecule has 0 saturated heterocycles. The molecule has 0 unspecified atom stereocenters. The highest BCUT2D eigenvalue weighted by Gasteiger charge is 2.17. The quantitative estimate of drug-likeness (QED) is 0.292. The lowest BCUT2D eigenvalue weighted by Crippen LogP contribution is -2.24. The number of benzene rings is 2. The van der Waals surface area contributed by atoms with Crippen LogP contribution in [0.3, 0.4) is 0 Å². The number of hydrogen-bond acceptors (Lipinski definition) is 7. The topological polar surface area (TPSA) is 112 Å². The monoisotopic (exact) mass is 481 g/mol. The molecule has 1 N–H and O–H groups in total. The van der Waals surface area contributed by atoms with Crippen molar-refractivity contribution in [2.45, 2.75) is 11.7 Å². The van der Waals surface area contributed by atoms with Crippen LogP contribution in [0.25, 0.3) is 11.4 Å². The number of halogens is 2. The molecule has 1 aromatic heterocycles. The van der Waals surface area contributed by atoms with Gasteiger partial charge in [0, 0.05) is 30.2 Å². The number of carbonyl (C=O) groups is 1. The first-order valence-corrected chi connectivity index (χ1v) is 10.6. The fraction of sp³-hybridized carbons (Fsp3) is 0.211. The largest absolute Gasteiger partial charge is 0.490 e. The summed E-state index contributed by atoms with van der Waals surface area (Å²) in [5, 5.41) is 23.6. The number of ether oxygens (including phenoxy) is 1. The first-order valence-electron chi connectivity index (χ1n) is 8.85. The molecule has 9 nitrogen and oxygen atoms in total. The fourth-order valence-corrected chi connectivity index (χ4v) is 3.95. The highest BCUT2D eigenvalue weighted by molar-refractivity contribution is 7.99. The smallest absolute Gasteiger partial charge is 0.311 e. The zero-order chi connectivity index (χ0) is 22.5. The van der Waals surface area contributed by atoms with Crippen molar-refractivity contribution in [3.8, 4) is 17.1 Å². The van der Waals surface area contributed by atoms with Crippen LogP contribution >= 0.6 is 35.0 Å². The van der Waals surface area contributed by atoms with Gasteiger partial charge in [0.2, 0.25) is 5.91 Å². The van der Waals surface area contributed by atoms with Crippen molar-refractivity contribution in [1.29, 1.82) is 0 Å². The molecule has 0 bridgehead atoms. The molecule has 0 aliphatic carbocycles. The number of aromatic nitrogens is 3. The summed E-state index contributed by atoms with van der Waals surface area (Å²) < 4.78 is 6.71. The van der Waals surface area contributed by atoms with Gasteiger partial charge in [0.05, 0.1) is 22.8 Å². The van der Waals surface area contributed by atoms with E-state index in [2.05, 4.69) is 15.5 Å². The maximum absolute atomic E-state index is 12.2. The standard InChI is InChI=1S/C19H17Cl2N5O4S/c1-25-18(13-5-4-12(20)8-14(13)21)23-24-19(25)31-10-17(27)22-9-11-3-6-16(30-2)15(7-11)26(28)29/h3-8H,9-10H2,1-2H3,(H,22,27). The van der Waals surface area contributed by atoms with E-state index in [4.69, 9.17) is 27.9 Å². The van der Waals surface area contributed by atoms with Gasteiger partial charge in [0.1, 0.15) is 0 Å². The second kappa shape index (κ2) is 9.99. The first kappa shape index (κ1) is 22.9. The SMILES string of the molecule is COc1ccc(CNC(=O)CSc2nnc(-c3ccc(Cl)cc3Cl)n2C)cc1[N+](=O)[O-]. The van der Waals surface area contributed by atoms with Crippen molar-refractivity contribution in [1.82, 2.24) is 20.1 Å². The van der Waals surface area contributed by atoms with Gasteiger partial charge in [-0.2, -0.15) is 0 Å². The number of nitrogens with one attached hydrogen (secondary N) is 1. The van der Waals surface area contributed by atoms with Crippen molar-refractivity contribution in [3.05, 3.63) is 62.1 Å². The van der Waals surface area contributed by atoms with Crippen LogP contribution in [0.15, 0.2) is 41.6 Å². The zero-order valence-electron chi connectivity index (χ0n) is 16.5. The van der Waals surface area contributed by atoms with Gasteiger partial charge in [0.25, 0.3) is 0 Å². The Morgan fingerprint density at radius 3 is 2.71 bits per heavy atom. The second-order valence-electron chi connectivity index (χ2n) is 6.32. The van der Waals surface area contributed by atoms with Gasteiger partial charge in [-0.25, -0.2) is 0 Å². The van der Waals surface area contributed by atoms with Gasteiger partial charge in [-0.15, -0.1) is 10.2 Å². The van der Waals surface area contributed by atoms with E-state index in [0.717, 1.165) is 0 Å². The molecule has 0 fully saturated rings. The molecule has 31 heavy (non-hydrogen) atoms. The van der Waals surface area contributed by atoms with Crippen LogP contribution < -0.4 is 10.1 Å². The Hall–Kier alpha value is -2.82. The number of nitro groups is 1. The Bertz CT molecular complexity index is 1140. The number of methoxy groups -OCH3 is 1. The van der Waals surface area contributed by atoms with Crippen molar-refractivity contribution < 1.29 is 14.5 Å². The molecule has 0 aliphatic heterocycles. The average molecular weight is 482 g/mol. The average Bonchev–Trinajstić information content (AvgIpc) is 3.10. The van der Waals surface area contributed by atoms with Crippen molar-refractivity contribution in [2.24, 2.45) is 7.05 Å². The van der Waals surface area contributed by atoms with Gasteiger partial charge < -0.3 is 14.6 Å². The summed E-state index contributed by atoms with van der Waals surface area (Å²) in [6, 6.07) is 9.61. The number of nitro benzene ring substituents is 1. The number of carbonyl (C=O) groups excluding carboxylic acids is 1. The minimum absolute atomic E-state index is 0.0958. The van der Waals surface area contributed by atoms with Crippen molar-refractivity contribution in [2.75, 3.05) is 12.9 Å². The van der Waals surface area contributed by atoms with E-state index in [9.17, 15) is 14.9 Å². The van der Waals surface area contributed by atoms with E-state index >= 15 is 0 Å². The van der Waals surface area contributed by atoms with Crippen molar-refractivity contribution in [3.63, 3.8) is 0 Å². The lowest BCUT2D eigenvalue weighted by molar-refractivity contribution is -0.385. The molecular weight excluding hydrogens is 465 g/mol. The summed E-state index contributed by atoms with van der Waals surface area (Å²) in [5.41, 5.74) is 1.11. The highest BCUT2D eigenvalue weighted by atomic mass is 35.5. The van der Waals surface area contributed by atoms with Gasteiger partial charge in [-0.05, 0) is 29.8 Å². The van der Waals surface area contributed by atoms with E-state index in [1.54, 1.807) is 35.9 Å². The van der Waals surface area contributed by atoms with E-state index in [1.165, 1.54) is 31.0 Å². The van der Waals surface area contributed by atoms with E-state index in [0.29, 0.717) is 32.2 Å². The molecule has 0 spiro atoms. The molecule has 162 valence electrons. The van der Waals surface area contributed by atoms with E-state index in [1.807, 2.05) is 0 Å². The van der Waals surface area contributed by atoms with Gasteiger partial charge in [-0.3, -0.25) is 14.9 Å². The predicted octanol–water partition coefficient (Wildman–Crippen LogP) is 4.11. The molecule has 1 amide bonds. The molecule has 0 saturated carbocycles. The predicted molar refractivity (Wildman–Crippen MR) is 119 cm³/mol. The third-order valence-corrected chi connectivity index (χ3v) is 5.84. The Morgan fingerprint density at radius 1 is 1.26 bits per heavy atom. The third-order valence-electron chi connectivity index (χ3n) is 4.27. The van der Waals surface area contributed by atoms with E-state index < -0.39 is 4.92 Å². The van der Waals surface area contributed by atoms with Crippen LogP contribution in [0.4, 0.5) is 5.69 Å². The van der Waals surface area contributed by atoms with Crippen LogP contribution in [-0.2, 0) is 18.4 Å². The summed E-state index contributed by atoms with van der Waals surface area (Å²) in [4.78, 5) is 22.8. The number of rotatable bonds is 8. The highest BCUT2D eigenvalue weighted by Crippen LogP contribution is 2.31. The molecule has 0 radical (unpaired) electrons. The van der Waals surface area contributed by atoms with Crippen LogP contribution in [0.2, 0.25) is 10.0 Å². The lowest BCUT2D eigenvalue weighted by atomic mass is 10.2. The van der Waals surface area contributed by atoms with Crippen LogP contribution in [-0.4, -0.2) is 38.5 Å². The molecule has 1 heterocycles. The number of hydrogen-bond donors (Lipinski definition) is 1. The molecule has 0 aliphatic rings. The normalized spacial score (nSPS) is 10.7. The minimum atomic E-state index is -0.529. The minimum Gasteiger partial charge on any atom is -0.490 e. The maximum Gasteiger partial charge on any atom is 0.311 e. The fourth-order valence-electron chi connectivity index (χ4n) is 2.72. The molecule has 2 aromatic carbocycles. The Morgan fingerprint density at radius 2 is 2.03 bits per heavy atom. The van der Waals surface area contributed by atoms with Gasteiger partial charge in [0.15, 0.2) is 16.7 Å². The number of nitrogens with zero attached hydrogens (tertiary/aromatic N) is 4. The van der Waals surface area contributed by atoms with Crippen LogP contribution in [0.5, 0.6) is 5.75 Å². The van der Waals surface area contributed by atoms with Gasteiger partial charge >= 0.3 is 5.69 Å². The molecule has 3 rings (SSSR count). The van der Waals surface area contributed by atoms with Crippen LogP contribution in [0.1, 0.15) is 5.56 Å². The molecule has 3 aromatic rings. The molecule has 0 atom stereocenters. The molecule has 12 heteroatoms. The lowest BCUT2D eigenvalue weighted by Gasteiger charge is -2.08. The Labute approximate surface area is 191 Å². The second-order valence-corrected chi connectivity index (χ2v) is 8.10. The maximum atomic E-state index is 12.2. The molecular formula is C19H17Cl2N5O4S. The third kappa shape index (κ3) is 5.46. The zero-order valence-corrected chi connectivity index (χ0v) is 18.8. The number of thioether (sulfide) groups is 1. The summed E-state index contributed by atoms with van der Waals surface area (Å²) in [6.07, 6.45) is 0. The first-order chi connectivity index (χ1) is 14.8. The van der Waals surface area contributed by atoms with Crippen molar-refractivity contribution >= 4 is 46.6 Å². The summed E-state index contributed by atoms with van der Waals surface area (Å²) in [7, 11) is 3.14. The van der Waals surface area contributed by atoms with Crippen LogP contribution in [0, 0.1) is 10.1 Å². The van der Waals surface area contributed by atoms with Gasteiger partial charge in [-0.1, -0.05) is 41.0 Å². The summed E-state index contributed by atoms with van der Waals surface area (Å²) in [5.74, 6) is 0.556. The van der Waals surface area contributed by atoms with E-state index in [-0.39, 0.29) is 29.6 Å². The summed E-state index contributed by atoms with van der Waals surface area (Å²) >= 11 is 13.4. The summed E-state index contributed by atoms with van der Waals surface area (Å²) in [6.45, 7) is 0.147. The Balaban J connectivity index is 1.60. The Kier molecular flexibility index (Phi) is 7.37.